The first-order valence-electron chi connectivity index (χ1n) is 8.30. The minimum absolute atomic E-state index is 0.178. The maximum absolute atomic E-state index is 12.3. The van der Waals surface area contributed by atoms with E-state index in [2.05, 4.69) is 20.6 Å². The summed E-state index contributed by atoms with van der Waals surface area (Å²) in [6.45, 7) is 5.21. The van der Waals surface area contributed by atoms with Gasteiger partial charge in [0.05, 0.1) is 15.2 Å². The number of halogens is 1. The number of aromatic amines is 1. The Balaban J connectivity index is 1.86. The molecule has 1 N–H and O–H groups in total. The number of benzene rings is 2. The summed E-state index contributed by atoms with van der Waals surface area (Å²) in [7, 11) is -3.39. The second kappa shape index (κ2) is 7.66. The summed E-state index contributed by atoms with van der Waals surface area (Å²) in [5.74, 6) is 1.55. The maximum atomic E-state index is 12.3. The van der Waals surface area contributed by atoms with Gasteiger partial charge in [0.25, 0.3) is 0 Å². The van der Waals surface area contributed by atoms with E-state index in [4.69, 9.17) is 16.3 Å². The zero-order valence-corrected chi connectivity index (χ0v) is 16.7. The highest BCUT2D eigenvalue weighted by Crippen LogP contribution is 2.33. The van der Waals surface area contributed by atoms with Crippen molar-refractivity contribution in [3.8, 4) is 11.5 Å². The van der Waals surface area contributed by atoms with Gasteiger partial charge in [-0.1, -0.05) is 22.9 Å². The van der Waals surface area contributed by atoms with Gasteiger partial charge in [-0.25, -0.2) is 8.42 Å². The van der Waals surface area contributed by atoms with Crippen LogP contribution in [-0.4, -0.2) is 34.3 Å². The first-order valence-corrected chi connectivity index (χ1v) is 10.2. The SMILES string of the molecule is Cc1cc(Cc2nn[nH]n2)cc(Oc2ccc(S(=O)(=O)C(C)C)cc2Cl)c1. The smallest absolute Gasteiger partial charge is 0.180 e. The molecule has 0 unspecified atom stereocenters. The van der Waals surface area contributed by atoms with Gasteiger partial charge in [-0.15, -0.1) is 10.2 Å². The Bertz CT molecular complexity index is 1050. The number of tetrazole rings is 1. The van der Waals surface area contributed by atoms with E-state index in [0.717, 1.165) is 11.1 Å². The Morgan fingerprint density at radius 1 is 1.19 bits per heavy atom. The van der Waals surface area contributed by atoms with Crippen molar-refractivity contribution in [1.29, 1.82) is 0 Å². The molecule has 0 saturated heterocycles. The van der Waals surface area contributed by atoms with Crippen molar-refractivity contribution in [2.45, 2.75) is 37.3 Å². The standard InChI is InChI=1S/C18H19ClN4O3S/c1-11(2)27(24,25)15-4-5-17(16(19)10-15)26-14-7-12(3)6-13(8-14)9-18-20-22-23-21-18/h4-8,10-11H,9H2,1-3H3,(H,20,21,22,23). The zero-order chi connectivity index (χ0) is 19.6. The lowest BCUT2D eigenvalue weighted by Gasteiger charge is -2.12. The molecule has 0 saturated carbocycles. The highest BCUT2D eigenvalue weighted by molar-refractivity contribution is 7.92. The van der Waals surface area contributed by atoms with E-state index in [9.17, 15) is 8.42 Å². The van der Waals surface area contributed by atoms with Gasteiger partial charge in [-0.05, 0) is 62.2 Å². The molecule has 0 radical (unpaired) electrons. The van der Waals surface area contributed by atoms with Gasteiger partial charge < -0.3 is 4.74 Å². The summed E-state index contributed by atoms with van der Waals surface area (Å²) < 4.78 is 30.4. The molecule has 1 aromatic heterocycles. The van der Waals surface area contributed by atoms with Gasteiger partial charge in [0.1, 0.15) is 11.5 Å². The van der Waals surface area contributed by atoms with E-state index in [0.29, 0.717) is 23.7 Å². The molecule has 7 nitrogen and oxygen atoms in total. The molecule has 0 aliphatic carbocycles. The molecule has 0 amide bonds. The van der Waals surface area contributed by atoms with Gasteiger partial charge in [-0.2, -0.15) is 5.21 Å². The van der Waals surface area contributed by atoms with Crippen LogP contribution in [0.5, 0.6) is 11.5 Å². The average Bonchev–Trinajstić information content (AvgIpc) is 3.09. The minimum Gasteiger partial charge on any atom is -0.456 e. The van der Waals surface area contributed by atoms with Crippen LogP contribution in [0.15, 0.2) is 41.3 Å². The first kappa shape index (κ1) is 19.3. The number of nitrogens with zero attached hydrogens (tertiary/aromatic N) is 3. The number of hydrogen-bond acceptors (Lipinski definition) is 6. The van der Waals surface area contributed by atoms with Crippen molar-refractivity contribution in [3.63, 3.8) is 0 Å². The molecule has 2 aromatic carbocycles. The molecule has 142 valence electrons. The number of sulfone groups is 1. The second-order valence-electron chi connectivity index (χ2n) is 6.45. The summed E-state index contributed by atoms with van der Waals surface area (Å²) >= 11 is 6.26. The minimum atomic E-state index is -3.39. The average molecular weight is 407 g/mol. The molecular formula is C18H19ClN4O3S. The molecule has 0 aliphatic heterocycles. The van der Waals surface area contributed by atoms with Gasteiger partial charge in [0.2, 0.25) is 0 Å². The predicted octanol–water partition coefficient (Wildman–Crippen LogP) is 3.73. The van der Waals surface area contributed by atoms with Crippen LogP contribution in [0.4, 0.5) is 0 Å². The first-order chi connectivity index (χ1) is 12.8. The summed E-state index contributed by atoms with van der Waals surface area (Å²) in [5, 5.41) is 13.6. The van der Waals surface area contributed by atoms with Crippen molar-refractivity contribution in [1.82, 2.24) is 20.6 Å². The molecule has 0 bridgehead atoms. The summed E-state index contributed by atoms with van der Waals surface area (Å²) in [6.07, 6.45) is 0.508. The van der Waals surface area contributed by atoms with Crippen LogP contribution in [0.25, 0.3) is 0 Å². The lowest BCUT2D eigenvalue weighted by molar-refractivity contribution is 0.481. The number of aromatic nitrogens is 4. The Hall–Kier alpha value is -2.45. The van der Waals surface area contributed by atoms with Crippen molar-refractivity contribution < 1.29 is 13.2 Å². The highest BCUT2D eigenvalue weighted by Gasteiger charge is 2.20. The normalized spacial score (nSPS) is 11.7. The third-order valence-electron chi connectivity index (χ3n) is 3.94. The maximum Gasteiger partial charge on any atom is 0.180 e. The van der Waals surface area contributed by atoms with E-state index in [-0.39, 0.29) is 9.92 Å². The van der Waals surface area contributed by atoms with Crippen LogP contribution in [0.3, 0.4) is 0 Å². The Labute approximate surface area is 162 Å². The third kappa shape index (κ3) is 4.45. The molecular weight excluding hydrogens is 388 g/mol. The van der Waals surface area contributed by atoms with Crippen molar-refractivity contribution >= 4 is 21.4 Å². The lowest BCUT2D eigenvalue weighted by atomic mass is 10.1. The Morgan fingerprint density at radius 2 is 1.96 bits per heavy atom. The van der Waals surface area contributed by atoms with Crippen LogP contribution in [0.2, 0.25) is 5.02 Å². The van der Waals surface area contributed by atoms with Gasteiger partial charge >= 0.3 is 0 Å². The highest BCUT2D eigenvalue weighted by atomic mass is 35.5. The number of ether oxygens (including phenoxy) is 1. The number of nitrogens with one attached hydrogen (secondary N) is 1. The van der Waals surface area contributed by atoms with Gasteiger partial charge in [-0.3, -0.25) is 0 Å². The molecule has 0 aliphatic rings. The summed E-state index contributed by atoms with van der Waals surface area (Å²) in [5.41, 5.74) is 1.96. The number of hydrogen-bond donors (Lipinski definition) is 1. The van der Waals surface area contributed by atoms with E-state index in [1.54, 1.807) is 19.9 Å². The molecule has 3 rings (SSSR count). The van der Waals surface area contributed by atoms with E-state index in [1.165, 1.54) is 12.1 Å². The van der Waals surface area contributed by atoms with E-state index < -0.39 is 15.1 Å². The topological polar surface area (TPSA) is 97.8 Å². The summed E-state index contributed by atoms with van der Waals surface area (Å²) in [4.78, 5) is 0.178. The Morgan fingerprint density at radius 3 is 2.59 bits per heavy atom. The molecule has 0 spiro atoms. The fourth-order valence-corrected chi connectivity index (χ4v) is 3.93. The molecule has 9 heteroatoms. The molecule has 1 heterocycles. The van der Waals surface area contributed by atoms with Crippen molar-refractivity contribution in [2.24, 2.45) is 0 Å². The van der Waals surface area contributed by atoms with Crippen LogP contribution in [-0.2, 0) is 16.3 Å². The number of aryl methyl sites for hydroxylation is 1. The van der Waals surface area contributed by atoms with Crippen molar-refractivity contribution in [2.75, 3.05) is 0 Å². The zero-order valence-electron chi connectivity index (χ0n) is 15.1. The quantitative estimate of drug-likeness (QED) is 0.669. The Kier molecular flexibility index (Phi) is 5.48. The monoisotopic (exact) mass is 406 g/mol. The third-order valence-corrected chi connectivity index (χ3v) is 6.39. The number of H-pyrrole nitrogens is 1. The van der Waals surface area contributed by atoms with Crippen LogP contribution >= 0.6 is 11.6 Å². The fraction of sp³-hybridized carbons (Fsp3) is 0.278. The van der Waals surface area contributed by atoms with Crippen molar-refractivity contribution in [3.05, 3.63) is 58.4 Å². The lowest BCUT2D eigenvalue weighted by Crippen LogP contribution is -2.13. The van der Waals surface area contributed by atoms with Gasteiger partial charge in [0, 0.05) is 6.42 Å². The van der Waals surface area contributed by atoms with Gasteiger partial charge in [0.15, 0.2) is 15.7 Å². The van der Waals surface area contributed by atoms with E-state index >= 15 is 0 Å². The van der Waals surface area contributed by atoms with Crippen LogP contribution < -0.4 is 4.74 Å². The largest absolute Gasteiger partial charge is 0.456 e. The van der Waals surface area contributed by atoms with Crippen LogP contribution in [0.1, 0.15) is 30.8 Å². The van der Waals surface area contributed by atoms with Crippen LogP contribution in [0, 0.1) is 6.92 Å². The second-order valence-corrected chi connectivity index (χ2v) is 9.36. The van der Waals surface area contributed by atoms with E-state index in [1.807, 2.05) is 25.1 Å². The fourth-order valence-electron chi connectivity index (χ4n) is 2.57. The molecule has 0 fully saturated rings. The predicted molar refractivity (Wildman–Crippen MR) is 102 cm³/mol. The summed E-state index contributed by atoms with van der Waals surface area (Å²) in [6, 6.07) is 10.2. The molecule has 27 heavy (non-hydrogen) atoms. The molecule has 3 aromatic rings. The molecule has 0 atom stereocenters. The number of rotatable bonds is 6.